The first kappa shape index (κ1) is 17.9. The third-order valence-electron chi connectivity index (χ3n) is 4.06. The summed E-state index contributed by atoms with van der Waals surface area (Å²) in [6.45, 7) is 0. The Morgan fingerprint density at radius 3 is 2.50 bits per heavy atom. The number of nitrogens with zero attached hydrogens (tertiary/aromatic N) is 3. The van der Waals surface area contributed by atoms with Crippen molar-refractivity contribution in [1.82, 2.24) is 20.6 Å². The van der Waals surface area contributed by atoms with Gasteiger partial charge in [-0.25, -0.2) is 9.89 Å². The van der Waals surface area contributed by atoms with Gasteiger partial charge in [-0.1, -0.05) is 58.4 Å². The minimum Gasteiger partial charge on any atom is -0.308 e. The maximum Gasteiger partial charge on any atom is 0.323 e. The Balaban J connectivity index is 1.53. The van der Waals surface area contributed by atoms with E-state index < -0.39 is 0 Å². The molecule has 1 heterocycles. The molecule has 4 aromatic rings. The van der Waals surface area contributed by atoms with Gasteiger partial charge in [0.2, 0.25) is 0 Å². The number of carbonyl (C=O) groups excluding carboxylic acids is 1. The van der Waals surface area contributed by atoms with Gasteiger partial charge in [0.1, 0.15) is 0 Å². The number of H-pyrrole nitrogens is 1. The molecule has 0 saturated heterocycles. The lowest BCUT2D eigenvalue weighted by Crippen LogP contribution is -2.20. The molecule has 3 N–H and O–H groups in total. The van der Waals surface area contributed by atoms with Crippen LogP contribution in [0, 0.1) is 0 Å². The van der Waals surface area contributed by atoms with Crippen LogP contribution in [0.25, 0.3) is 22.5 Å². The molecule has 0 radical (unpaired) electrons. The Hall–Kier alpha value is -3.52. The Kier molecular flexibility index (Phi) is 5.11. The second-order valence-electron chi connectivity index (χ2n) is 5.97. The highest BCUT2D eigenvalue weighted by Crippen LogP contribution is 2.28. The van der Waals surface area contributed by atoms with Gasteiger partial charge in [0.15, 0.2) is 5.82 Å². The zero-order valence-electron chi connectivity index (χ0n) is 14.6. The lowest BCUT2D eigenvalue weighted by Gasteiger charge is -2.12. The quantitative estimate of drug-likeness (QED) is 0.423. The number of hydrogen-bond donors (Lipinski definition) is 3. The third-order valence-corrected chi connectivity index (χ3v) is 4.55. The minimum absolute atomic E-state index is 0.360. The number of rotatable bonds is 4. The highest BCUT2D eigenvalue weighted by molar-refractivity contribution is 9.10. The highest BCUT2D eigenvalue weighted by atomic mass is 79.9. The maximum atomic E-state index is 12.5. The molecule has 0 atom stereocenters. The number of aromatic amines is 1. The van der Waals surface area contributed by atoms with Gasteiger partial charge in [0, 0.05) is 15.7 Å². The average molecular weight is 435 g/mol. The van der Waals surface area contributed by atoms with Crippen LogP contribution in [-0.2, 0) is 0 Å². The van der Waals surface area contributed by atoms with Gasteiger partial charge >= 0.3 is 6.03 Å². The summed E-state index contributed by atoms with van der Waals surface area (Å²) in [5, 5.41) is 19.5. The molecule has 0 aliphatic carbocycles. The van der Waals surface area contributed by atoms with Crippen molar-refractivity contribution in [2.45, 2.75) is 0 Å². The van der Waals surface area contributed by atoms with E-state index in [4.69, 9.17) is 0 Å². The van der Waals surface area contributed by atoms with Gasteiger partial charge in [0.25, 0.3) is 0 Å². The molecule has 2 amide bonds. The van der Waals surface area contributed by atoms with Crippen LogP contribution in [0.1, 0.15) is 0 Å². The van der Waals surface area contributed by atoms with E-state index in [1.165, 1.54) is 0 Å². The smallest absolute Gasteiger partial charge is 0.308 e. The molecular weight excluding hydrogens is 420 g/mol. The third kappa shape index (κ3) is 4.07. The number of aromatic nitrogens is 4. The molecule has 28 heavy (non-hydrogen) atoms. The van der Waals surface area contributed by atoms with Crippen molar-refractivity contribution in [2.24, 2.45) is 0 Å². The van der Waals surface area contributed by atoms with Gasteiger partial charge in [-0.3, -0.25) is 0 Å². The zero-order valence-corrected chi connectivity index (χ0v) is 16.1. The Morgan fingerprint density at radius 1 is 0.893 bits per heavy atom. The van der Waals surface area contributed by atoms with Gasteiger partial charge in [-0.05, 0) is 51.9 Å². The number of halogens is 1. The number of benzene rings is 3. The fourth-order valence-corrected chi connectivity index (χ4v) is 3.15. The predicted molar refractivity (Wildman–Crippen MR) is 112 cm³/mol. The minimum atomic E-state index is -0.360. The molecule has 3 aromatic carbocycles. The summed E-state index contributed by atoms with van der Waals surface area (Å²) in [6.07, 6.45) is 0. The summed E-state index contributed by atoms with van der Waals surface area (Å²) in [6, 6.07) is 22.7. The van der Waals surface area contributed by atoms with E-state index in [9.17, 15) is 4.79 Å². The number of nitrogens with one attached hydrogen (secondary N) is 3. The molecule has 138 valence electrons. The number of amides is 2. The molecule has 0 unspecified atom stereocenters. The van der Waals surface area contributed by atoms with Gasteiger partial charge in [0.05, 0.1) is 5.69 Å². The Morgan fingerprint density at radius 2 is 1.71 bits per heavy atom. The summed E-state index contributed by atoms with van der Waals surface area (Å²) in [5.74, 6) is 0.461. The van der Waals surface area contributed by atoms with Crippen LogP contribution in [0.3, 0.4) is 0 Å². The summed E-state index contributed by atoms with van der Waals surface area (Å²) < 4.78 is 0.848. The first-order valence-corrected chi connectivity index (χ1v) is 9.25. The van der Waals surface area contributed by atoms with E-state index in [0.717, 1.165) is 15.6 Å². The fraction of sp³-hybridized carbons (Fsp3) is 0. The molecule has 4 rings (SSSR count). The molecule has 0 aliphatic heterocycles. The molecule has 0 spiro atoms. The van der Waals surface area contributed by atoms with Crippen molar-refractivity contribution in [3.05, 3.63) is 77.3 Å². The molecule has 8 heteroatoms. The predicted octanol–water partition coefficient (Wildman–Crippen LogP) is 4.94. The van der Waals surface area contributed by atoms with Gasteiger partial charge in [-0.2, -0.15) is 0 Å². The van der Waals surface area contributed by atoms with Gasteiger partial charge in [-0.15, -0.1) is 5.10 Å². The number of tetrazole rings is 1. The van der Waals surface area contributed by atoms with Crippen LogP contribution >= 0.6 is 15.9 Å². The van der Waals surface area contributed by atoms with Crippen LogP contribution in [0.5, 0.6) is 0 Å². The van der Waals surface area contributed by atoms with E-state index in [1.54, 1.807) is 6.07 Å². The standard InChI is InChI=1S/C20H15BrN6O/c21-15-9-10-18(17(12-15)19-24-26-27-25-19)23-20(28)22-16-8-4-7-14(11-16)13-5-2-1-3-6-13/h1-12H,(H2,22,23,28)(H,24,25,26,27). The van der Waals surface area contributed by atoms with Crippen molar-refractivity contribution in [3.8, 4) is 22.5 Å². The molecule has 0 aliphatic rings. The van der Waals surface area contributed by atoms with Gasteiger partial charge < -0.3 is 10.6 Å². The molecule has 0 fully saturated rings. The molecule has 7 nitrogen and oxygen atoms in total. The SMILES string of the molecule is O=C(Nc1cccc(-c2ccccc2)c1)Nc1ccc(Br)cc1-c1nnn[nH]1. The summed E-state index contributed by atoms with van der Waals surface area (Å²) in [4.78, 5) is 12.5. The van der Waals surface area contributed by atoms with Crippen molar-refractivity contribution in [3.63, 3.8) is 0 Å². The van der Waals surface area contributed by atoms with Crippen molar-refractivity contribution >= 4 is 33.3 Å². The monoisotopic (exact) mass is 434 g/mol. The van der Waals surface area contributed by atoms with E-state index >= 15 is 0 Å². The van der Waals surface area contributed by atoms with Crippen LogP contribution < -0.4 is 10.6 Å². The molecule has 0 bridgehead atoms. The Bertz CT molecular complexity index is 1100. The van der Waals surface area contributed by atoms with Crippen LogP contribution in [0.4, 0.5) is 16.2 Å². The second-order valence-corrected chi connectivity index (χ2v) is 6.88. The zero-order chi connectivity index (χ0) is 19.3. The fourth-order valence-electron chi connectivity index (χ4n) is 2.79. The average Bonchev–Trinajstić information content (AvgIpc) is 3.25. The van der Waals surface area contributed by atoms with Crippen LogP contribution in [0.15, 0.2) is 77.3 Å². The number of hydrogen-bond acceptors (Lipinski definition) is 4. The van der Waals surface area contributed by atoms with E-state index in [-0.39, 0.29) is 6.03 Å². The van der Waals surface area contributed by atoms with Crippen molar-refractivity contribution < 1.29 is 4.79 Å². The van der Waals surface area contributed by atoms with Crippen molar-refractivity contribution in [1.29, 1.82) is 0 Å². The van der Waals surface area contributed by atoms with Crippen molar-refractivity contribution in [2.75, 3.05) is 10.6 Å². The number of carbonyl (C=O) groups is 1. The highest BCUT2D eigenvalue weighted by Gasteiger charge is 2.12. The normalized spacial score (nSPS) is 10.5. The second kappa shape index (κ2) is 8.01. The maximum absolute atomic E-state index is 12.5. The lowest BCUT2D eigenvalue weighted by atomic mass is 10.1. The first-order chi connectivity index (χ1) is 13.7. The summed E-state index contributed by atoms with van der Waals surface area (Å²) in [7, 11) is 0. The van der Waals surface area contributed by atoms with Crippen LogP contribution in [0.2, 0.25) is 0 Å². The largest absolute Gasteiger partial charge is 0.323 e. The van der Waals surface area contributed by atoms with Crippen LogP contribution in [-0.4, -0.2) is 26.7 Å². The Labute approximate surface area is 169 Å². The number of urea groups is 1. The van der Waals surface area contributed by atoms with E-state index in [0.29, 0.717) is 22.8 Å². The molecular formula is C20H15BrN6O. The lowest BCUT2D eigenvalue weighted by molar-refractivity contribution is 0.262. The number of anilines is 2. The van der Waals surface area contributed by atoms with E-state index in [2.05, 4.69) is 47.2 Å². The van der Waals surface area contributed by atoms with E-state index in [1.807, 2.05) is 66.7 Å². The summed E-state index contributed by atoms with van der Waals surface area (Å²) >= 11 is 3.42. The summed E-state index contributed by atoms with van der Waals surface area (Å²) in [5.41, 5.74) is 4.06. The molecule has 1 aromatic heterocycles. The topological polar surface area (TPSA) is 95.6 Å². The first-order valence-electron chi connectivity index (χ1n) is 8.46. The molecule has 0 saturated carbocycles.